The number of hydrogen-bond donors (Lipinski definition) is 2. The van der Waals surface area contributed by atoms with Crippen molar-refractivity contribution in [3.63, 3.8) is 0 Å². The Morgan fingerprint density at radius 2 is 1.55 bits per heavy atom. The first-order valence-corrected chi connectivity index (χ1v) is 7.06. The average Bonchev–Trinajstić information content (AvgIpc) is 2.50. The molecular weight excluding hydrogens is 283 g/mol. The van der Waals surface area contributed by atoms with E-state index in [0.29, 0.717) is 17.8 Å². The molecule has 2 rings (SSSR count). The summed E-state index contributed by atoms with van der Waals surface area (Å²) >= 11 is 0. The third-order valence-electron chi connectivity index (χ3n) is 3.04. The summed E-state index contributed by atoms with van der Waals surface area (Å²) in [6, 6.07) is 12.6. The molecule has 0 aromatic heterocycles. The SMILES string of the molecule is CCCC(=O)Nc1ccccc1NC(=O)c1ccccc1F. The third-order valence-corrected chi connectivity index (χ3v) is 3.04. The van der Waals surface area contributed by atoms with Crippen LogP contribution in [-0.4, -0.2) is 11.8 Å². The molecule has 4 nitrogen and oxygen atoms in total. The monoisotopic (exact) mass is 300 g/mol. The van der Waals surface area contributed by atoms with Crippen molar-refractivity contribution in [3.05, 3.63) is 59.9 Å². The van der Waals surface area contributed by atoms with Crippen molar-refractivity contribution in [3.8, 4) is 0 Å². The molecule has 0 atom stereocenters. The molecular formula is C17H17FN2O2. The fraction of sp³-hybridized carbons (Fsp3) is 0.176. The highest BCUT2D eigenvalue weighted by atomic mass is 19.1. The van der Waals surface area contributed by atoms with E-state index in [1.165, 1.54) is 18.2 Å². The summed E-state index contributed by atoms with van der Waals surface area (Å²) in [6.07, 6.45) is 1.13. The van der Waals surface area contributed by atoms with E-state index in [1.54, 1.807) is 30.3 Å². The number of halogens is 1. The maximum atomic E-state index is 13.6. The van der Waals surface area contributed by atoms with Gasteiger partial charge in [-0.1, -0.05) is 31.2 Å². The smallest absolute Gasteiger partial charge is 0.258 e. The van der Waals surface area contributed by atoms with Crippen LogP contribution in [0.3, 0.4) is 0 Å². The van der Waals surface area contributed by atoms with Crippen LogP contribution in [0.25, 0.3) is 0 Å². The number of benzene rings is 2. The van der Waals surface area contributed by atoms with Gasteiger partial charge in [0.2, 0.25) is 5.91 Å². The predicted octanol–water partition coefficient (Wildman–Crippen LogP) is 3.82. The molecule has 0 saturated carbocycles. The molecule has 114 valence electrons. The maximum absolute atomic E-state index is 13.6. The molecule has 0 aliphatic rings. The van der Waals surface area contributed by atoms with Crippen LogP contribution in [0, 0.1) is 5.82 Å². The second-order valence-corrected chi connectivity index (χ2v) is 4.78. The second kappa shape index (κ2) is 7.36. The van der Waals surface area contributed by atoms with Crippen molar-refractivity contribution in [1.29, 1.82) is 0 Å². The largest absolute Gasteiger partial charge is 0.324 e. The van der Waals surface area contributed by atoms with Crippen molar-refractivity contribution >= 4 is 23.2 Å². The average molecular weight is 300 g/mol. The fourth-order valence-electron chi connectivity index (χ4n) is 1.98. The number of carbonyl (C=O) groups excluding carboxylic acids is 2. The summed E-state index contributed by atoms with van der Waals surface area (Å²) < 4.78 is 13.6. The van der Waals surface area contributed by atoms with Crippen molar-refractivity contribution in [2.24, 2.45) is 0 Å². The Bertz CT molecular complexity index is 686. The Kier molecular flexibility index (Phi) is 5.25. The highest BCUT2D eigenvalue weighted by Crippen LogP contribution is 2.22. The van der Waals surface area contributed by atoms with Gasteiger partial charge in [-0.15, -0.1) is 0 Å². The Hall–Kier alpha value is -2.69. The molecule has 0 aliphatic heterocycles. The number of anilines is 2. The quantitative estimate of drug-likeness (QED) is 0.882. The van der Waals surface area contributed by atoms with Crippen LogP contribution in [0.15, 0.2) is 48.5 Å². The summed E-state index contributed by atoms with van der Waals surface area (Å²) in [5.74, 6) is -1.28. The Morgan fingerprint density at radius 3 is 2.18 bits per heavy atom. The lowest BCUT2D eigenvalue weighted by Gasteiger charge is -2.12. The summed E-state index contributed by atoms with van der Waals surface area (Å²) in [5.41, 5.74) is 0.878. The first kappa shape index (κ1) is 15.7. The normalized spacial score (nSPS) is 10.1. The number of carbonyl (C=O) groups is 2. The van der Waals surface area contributed by atoms with Gasteiger partial charge in [0.25, 0.3) is 5.91 Å². The number of hydrogen-bond acceptors (Lipinski definition) is 2. The van der Waals surface area contributed by atoms with Crippen LogP contribution in [-0.2, 0) is 4.79 Å². The Morgan fingerprint density at radius 1 is 0.955 bits per heavy atom. The van der Waals surface area contributed by atoms with Crippen LogP contribution in [0.2, 0.25) is 0 Å². The van der Waals surface area contributed by atoms with E-state index in [0.717, 1.165) is 6.42 Å². The minimum Gasteiger partial charge on any atom is -0.324 e. The van der Waals surface area contributed by atoms with Gasteiger partial charge in [-0.25, -0.2) is 4.39 Å². The van der Waals surface area contributed by atoms with Gasteiger partial charge in [-0.2, -0.15) is 0 Å². The summed E-state index contributed by atoms with van der Waals surface area (Å²) in [5, 5.41) is 5.36. The molecule has 0 unspecified atom stereocenters. The van der Waals surface area contributed by atoms with Crippen molar-refractivity contribution in [2.75, 3.05) is 10.6 Å². The van der Waals surface area contributed by atoms with Gasteiger partial charge < -0.3 is 10.6 Å². The van der Waals surface area contributed by atoms with E-state index in [9.17, 15) is 14.0 Å². The minimum absolute atomic E-state index is 0.0443. The van der Waals surface area contributed by atoms with Gasteiger partial charge >= 0.3 is 0 Å². The lowest BCUT2D eigenvalue weighted by Crippen LogP contribution is -2.17. The van der Waals surface area contributed by atoms with Crippen molar-refractivity contribution in [1.82, 2.24) is 0 Å². The molecule has 22 heavy (non-hydrogen) atoms. The van der Waals surface area contributed by atoms with Crippen LogP contribution in [0.1, 0.15) is 30.1 Å². The number of nitrogens with one attached hydrogen (secondary N) is 2. The third kappa shape index (κ3) is 3.91. The zero-order valence-corrected chi connectivity index (χ0v) is 12.2. The molecule has 2 aromatic rings. The van der Waals surface area contributed by atoms with Crippen molar-refractivity contribution in [2.45, 2.75) is 19.8 Å². The number of rotatable bonds is 5. The van der Waals surface area contributed by atoms with Crippen LogP contribution >= 0.6 is 0 Å². The van der Waals surface area contributed by atoms with E-state index in [1.807, 2.05) is 6.92 Å². The van der Waals surface area contributed by atoms with E-state index in [2.05, 4.69) is 10.6 Å². The Labute approximate surface area is 128 Å². The lowest BCUT2D eigenvalue weighted by molar-refractivity contribution is -0.116. The molecule has 0 spiro atoms. The minimum atomic E-state index is -0.590. The lowest BCUT2D eigenvalue weighted by atomic mass is 10.2. The van der Waals surface area contributed by atoms with Gasteiger partial charge in [0.15, 0.2) is 0 Å². The highest BCUT2D eigenvalue weighted by Gasteiger charge is 2.13. The first-order chi connectivity index (χ1) is 10.6. The van der Waals surface area contributed by atoms with Gasteiger partial charge in [0.1, 0.15) is 5.82 Å². The number of para-hydroxylation sites is 2. The van der Waals surface area contributed by atoms with Gasteiger partial charge in [0, 0.05) is 6.42 Å². The molecule has 0 aliphatic carbocycles. The molecule has 0 radical (unpaired) electrons. The van der Waals surface area contributed by atoms with Gasteiger partial charge in [-0.3, -0.25) is 9.59 Å². The van der Waals surface area contributed by atoms with Crippen LogP contribution < -0.4 is 10.6 Å². The van der Waals surface area contributed by atoms with Gasteiger partial charge in [-0.05, 0) is 30.7 Å². The van der Waals surface area contributed by atoms with Crippen molar-refractivity contribution < 1.29 is 14.0 Å². The predicted molar refractivity (Wildman–Crippen MR) is 84.3 cm³/mol. The molecule has 0 saturated heterocycles. The molecule has 0 bridgehead atoms. The van der Waals surface area contributed by atoms with Gasteiger partial charge in [0.05, 0.1) is 16.9 Å². The topological polar surface area (TPSA) is 58.2 Å². The fourth-order valence-corrected chi connectivity index (χ4v) is 1.98. The second-order valence-electron chi connectivity index (χ2n) is 4.78. The molecule has 0 heterocycles. The van der Waals surface area contributed by atoms with E-state index >= 15 is 0 Å². The molecule has 2 N–H and O–H groups in total. The standard InChI is InChI=1S/C17H17FN2O2/c1-2-7-16(21)19-14-10-5-6-11-15(14)20-17(22)12-8-3-4-9-13(12)18/h3-6,8-11H,2,7H2,1H3,(H,19,21)(H,20,22). The summed E-state index contributed by atoms with van der Waals surface area (Å²) in [6.45, 7) is 1.91. The zero-order valence-electron chi connectivity index (χ0n) is 12.2. The summed E-state index contributed by atoms with van der Waals surface area (Å²) in [4.78, 5) is 23.8. The first-order valence-electron chi connectivity index (χ1n) is 7.06. The number of amides is 2. The molecule has 2 amide bonds. The molecule has 2 aromatic carbocycles. The maximum Gasteiger partial charge on any atom is 0.258 e. The van der Waals surface area contributed by atoms with Crippen LogP contribution in [0.5, 0.6) is 0 Å². The van der Waals surface area contributed by atoms with E-state index in [-0.39, 0.29) is 11.5 Å². The molecule has 0 fully saturated rings. The zero-order chi connectivity index (χ0) is 15.9. The van der Waals surface area contributed by atoms with E-state index in [4.69, 9.17) is 0 Å². The Balaban J connectivity index is 2.18. The molecule has 5 heteroatoms. The summed E-state index contributed by atoms with van der Waals surface area (Å²) in [7, 11) is 0. The van der Waals surface area contributed by atoms with E-state index < -0.39 is 11.7 Å². The van der Waals surface area contributed by atoms with Crippen LogP contribution in [0.4, 0.5) is 15.8 Å². The highest BCUT2D eigenvalue weighted by molar-refractivity contribution is 6.07.